The van der Waals surface area contributed by atoms with E-state index in [1.807, 2.05) is 0 Å². The first-order valence-electron chi connectivity index (χ1n) is 5.41. The molecule has 0 bridgehead atoms. The van der Waals surface area contributed by atoms with Crippen LogP contribution in [0.5, 0.6) is 0 Å². The fourth-order valence-electron chi connectivity index (χ4n) is 1.98. The second kappa shape index (κ2) is 4.44. The molecule has 2 rings (SSSR count). The maximum Gasteiger partial charge on any atom is 0.263 e. The quantitative estimate of drug-likeness (QED) is 0.686. The molecular weight excluding hydrogens is 280 g/mol. The summed E-state index contributed by atoms with van der Waals surface area (Å²) in [6, 6.07) is 1.33. The number of halogens is 2. The molecule has 0 amide bonds. The maximum atomic E-state index is 14.5. The molecule has 0 radical (unpaired) electrons. The van der Waals surface area contributed by atoms with Gasteiger partial charge < -0.3 is 20.7 Å². The van der Waals surface area contributed by atoms with Gasteiger partial charge in [-0.1, -0.05) is 0 Å². The van der Waals surface area contributed by atoms with Gasteiger partial charge in [-0.3, -0.25) is 4.57 Å². The van der Waals surface area contributed by atoms with Crippen molar-refractivity contribution in [3.05, 3.63) is 17.0 Å². The fraction of sp³-hybridized carbons (Fsp3) is 0.600. The van der Waals surface area contributed by atoms with Gasteiger partial charge in [0.25, 0.3) is 5.85 Å². The van der Waals surface area contributed by atoms with E-state index in [1.165, 1.54) is 12.3 Å². The average molecular weight is 293 g/mol. The van der Waals surface area contributed by atoms with Gasteiger partial charge in [0, 0.05) is 6.20 Å². The van der Waals surface area contributed by atoms with E-state index in [1.54, 1.807) is 0 Å². The molecule has 1 aromatic rings. The van der Waals surface area contributed by atoms with Crippen molar-refractivity contribution in [2.75, 3.05) is 12.3 Å². The molecule has 6 nitrogen and oxygen atoms in total. The molecule has 0 aliphatic carbocycles. The fourth-order valence-corrected chi connectivity index (χ4v) is 2.24. The summed E-state index contributed by atoms with van der Waals surface area (Å²) in [6.07, 6.45) is -2.43. The molecule has 1 aliphatic rings. The SMILES string of the molecule is CC1(F)C(n2ccc(N)nc2=S)OC(F)(CO)C1O. The highest BCUT2D eigenvalue weighted by Crippen LogP contribution is 2.47. The summed E-state index contributed by atoms with van der Waals surface area (Å²) in [7, 11) is 0. The first-order valence-corrected chi connectivity index (χ1v) is 5.82. The summed E-state index contributed by atoms with van der Waals surface area (Å²) < 4.78 is 34.2. The number of alkyl halides is 2. The van der Waals surface area contributed by atoms with Crippen LogP contribution in [0.15, 0.2) is 12.3 Å². The molecule has 1 saturated heterocycles. The normalized spacial score (nSPS) is 38.6. The lowest BCUT2D eigenvalue weighted by molar-refractivity contribution is -0.207. The molecule has 9 heteroatoms. The van der Waals surface area contributed by atoms with Gasteiger partial charge in [-0.15, -0.1) is 0 Å². The van der Waals surface area contributed by atoms with Crippen LogP contribution >= 0.6 is 12.2 Å². The Kier molecular flexibility index (Phi) is 3.33. The molecule has 1 fully saturated rings. The number of hydrogen-bond acceptors (Lipinski definition) is 6. The van der Waals surface area contributed by atoms with Gasteiger partial charge >= 0.3 is 0 Å². The standard InChI is InChI=1S/C10H13F2N3O3S/c1-9(11)6(17)10(12,4-16)18-7(9)15-3-2-5(13)14-8(15)19/h2-3,6-7,16-17H,4H2,1H3,(H2,13,14,19). The van der Waals surface area contributed by atoms with Crippen LogP contribution < -0.4 is 5.73 Å². The molecule has 0 aromatic carbocycles. The third-order valence-corrected chi connectivity index (χ3v) is 3.36. The van der Waals surface area contributed by atoms with E-state index >= 15 is 0 Å². The molecule has 1 aliphatic heterocycles. The Bertz CT molecular complexity index is 553. The predicted molar refractivity (Wildman–Crippen MR) is 64.0 cm³/mol. The van der Waals surface area contributed by atoms with E-state index in [9.17, 15) is 13.9 Å². The van der Waals surface area contributed by atoms with Crippen LogP contribution in [0.1, 0.15) is 13.2 Å². The number of hydrogen-bond donors (Lipinski definition) is 3. The molecule has 4 atom stereocenters. The van der Waals surface area contributed by atoms with Gasteiger partial charge in [-0.25, -0.2) is 13.8 Å². The van der Waals surface area contributed by atoms with E-state index in [-0.39, 0.29) is 10.6 Å². The van der Waals surface area contributed by atoms with Crippen molar-refractivity contribution in [1.29, 1.82) is 0 Å². The highest BCUT2D eigenvalue weighted by atomic mass is 32.1. The molecule has 106 valence electrons. The van der Waals surface area contributed by atoms with Crippen molar-refractivity contribution >= 4 is 18.0 Å². The van der Waals surface area contributed by atoms with E-state index in [4.69, 9.17) is 27.8 Å². The second-order valence-corrected chi connectivity index (χ2v) is 4.88. The summed E-state index contributed by atoms with van der Waals surface area (Å²) in [5.74, 6) is -2.78. The number of nitrogens with two attached hydrogens (primary N) is 1. The number of anilines is 1. The zero-order valence-corrected chi connectivity index (χ0v) is 10.8. The van der Waals surface area contributed by atoms with Crippen molar-refractivity contribution < 1.29 is 23.7 Å². The third kappa shape index (κ3) is 2.12. The Hall–Kier alpha value is -1.16. The minimum Gasteiger partial charge on any atom is -0.390 e. The largest absolute Gasteiger partial charge is 0.390 e. The summed E-state index contributed by atoms with van der Waals surface area (Å²) >= 11 is 4.89. The molecule has 0 spiro atoms. The zero-order valence-electron chi connectivity index (χ0n) is 9.96. The zero-order chi connectivity index (χ0) is 14.4. The van der Waals surface area contributed by atoms with Gasteiger partial charge in [0.2, 0.25) is 4.77 Å². The molecule has 2 heterocycles. The van der Waals surface area contributed by atoms with Gasteiger partial charge in [-0.05, 0) is 25.2 Å². The van der Waals surface area contributed by atoms with Crippen LogP contribution in [0.25, 0.3) is 0 Å². The molecule has 4 N–H and O–H groups in total. The van der Waals surface area contributed by atoms with E-state index in [0.29, 0.717) is 0 Å². The van der Waals surface area contributed by atoms with Gasteiger partial charge in [0.15, 0.2) is 18.0 Å². The Labute approximate surface area is 112 Å². The Morgan fingerprint density at radius 1 is 1.63 bits per heavy atom. The van der Waals surface area contributed by atoms with Crippen molar-refractivity contribution in [3.8, 4) is 0 Å². The minimum absolute atomic E-state index is 0.119. The minimum atomic E-state index is -2.90. The van der Waals surface area contributed by atoms with E-state index in [2.05, 4.69) is 4.98 Å². The molecule has 0 saturated carbocycles. The van der Waals surface area contributed by atoms with E-state index in [0.717, 1.165) is 11.5 Å². The molecule has 1 aromatic heterocycles. The lowest BCUT2D eigenvalue weighted by Gasteiger charge is -2.25. The van der Waals surface area contributed by atoms with Crippen LogP contribution in [0.4, 0.5) is 14.6 Å². The number of nitrogen functional groups attached to an aromatic ring is 1. The maximum absolute atomic E-state index is 14.5. The summed E-state index contributed by atoms with van der Waals surface area (Å²) in [5, 5.41) is 18.5. The number of aliphatic hydroxyl groups excluding tert-OH is 2. The summed E-state index contributed by atoms with van der Waals surface area (Å²) in [5.41, 5.74) is 2.92. The third-order valence-electron chi connectivity index (χ3n) is 3.05. The summed E-state index contributed by atoms with van der Waals surface area (Å²) in [4.78, 5) is 3.72. The van der Waals surface area contributed by atoms with Gasteiger partial charge in [0.05, 0.1) is 0 Å². The molecule has 4 unspecified atom stereocenters. The lowest BCUT2D eigenvalue weighted by atomic mass is 9.97. The van der Waals surface area contributed by atoms with Crippen LogP contribution in [0, 0.1) is 4.77 Å². The molecule has 19 heavy (non-hydrogen) atoms. The van der Waals surface area contributed by atoms with Crippen LogP contribution in [0.3, 0.4) is 0 Å². The highest BCUT2D eigenvalue weighted by Gasteiger charge is 2.64. The van der Waals surface area contributed by atoms with E-state index < -0.39 is 30.5 Å². The van der Waals surface area contributed by atoms with Crippen LogP contribution in [-0.2, 0) is 4.74 Å². The Balaban J connectivity index is 2.48. The summed E-state index contributed by atoms with van der Waals surface area (Å²) in [6.45, 7) is -0.225. The van der Waals surface area contributed by atoms with Crippen molar-refractivity contribution in [1.82, 2.24) is 9.55 Å². The van der Waals surface area contributed by atoms with Crippen molar-refractivity contribution in [3.63, 3.8) is 0 Å². The number of nitrogens with zero attached hydrogens (tertiary/aromatic N) is 2. The molecular formula is C10H13F2N3O3S. The van der Waals surface area contributed by atoms with Gasteiger partial charge in [-0.2, -0.15) is 0 Å². The number of aliphatic hydroxyl groups is 2. The van der Waals surface area contributed by atoms with Crippen molar-refractivity contribution in [2.45, 2.75) is 30.8 Å². The van der Waals surface area contributed by atoms with Crippen LogP contribution in [-0.4, -0.2) is 44.0 Å². The average Bonchev–Trinajstić information content (AvgIpc) is 2.51. The topological polar surface area (TPSA) is 93.5 Å². The lowest BCUT2D eigenvalue weighted by Crippen LogP contribution is -2.46. The van der Waals surface area contributed by atoms with Crippen LogP contribution in [0.2, 0.25) is 0 Å². The second-order valence-electron chi connectivity index (χ2n) is 4.51. The van der Waals surface area contributed by atoms with Crippen molar-refractivity contribution in [2.24, 2.45) is 0 Å². The number of aromatic nitrogens is 2. The predicted octanol–water partition coefficient (Wildman–Crippen LogP) is 0.471. The Morgan fingerprint density at radius 2 is 2.26 bits per heavy atom. The Morgan fingerprint density at radius 3 is 2.74 bits per heavy atom. The highest BCUT2D eigenvalue weighted by molar-refractivity contribution is 7.71. The monoisotopic (exact) mass is 293 g/mol. The first-order chi connectivity index (χ1) is 8.72. The van der Waals surface area contributed by atoms with Gasteiger partial charge in [0.1, 0.15) is 12.4 Å². The number of ether oxygens (including phenoxy) is 1. The smallest absolute Gasteiger partial charge is 0.263 e. The first kappa shape index (κ1) is 14.3. The number of rotatable bonds is 2.